The molecule has 0 saturated heterocycles. The number of benzene rings is 1. The Balaban J connectivity index is 2.77. The van der Waals surface area contributed by atoms with Gasteiger partial charge in [-0.25, -0.2) is 0 Å². The minimum Gasteiger partial charge on any atom is -0.481 e. The van der Waals surface area contributed by atoms with E-state index in [0.29, 0.717) is 18.1 Å². The largest absolute Gasteiger partial charge is 0.481 e. The van der Waals surface area contributed by atoms with Crippen molar-refractivity contribution in [2.24, 2.45) is 5.92 Å². The molecule has 1 aromatic carbocycles. The molecule has 0 aliphatic rings. The standard InChI is InChI=1S/C14H18ClNO3/c1-10(14(18)19)7-16(8-11(2)17)9-12-5-3-4-6-13(12)15/h3-6,10H,7-9H2,1-2H3,(H,18,19). The monoisotopic (exact) mass is 283 g/mol. The molecule has 1 unspecified atom stereocenters. The third-order valence-electron chi connectivity index (χ3n) is 2.75. The van der Waals surface area contributed by atoms with Gasteiger partial charge in [-0.05, 0) is 18.6 Å². The van der Waals surface area contributed by atoms with Crippen molar-refractivity contribution in [1.82, 2.24) is 4.90 Å². The smallest absolute Gasteiger partial charge is 0.307 e. The van der Waals surface area contributed by atoms with Crippen LogP contribution in [0.25, 0.3) is 0 Å². The van der Waals surface area contributed by atoms with E-state index in [0.717, 1.165) is 5.56 Å². The van der Waals surface area contributed by atoms with Crippen LogP contribution in [0.4, 0.5) is 0 Å². The van der Waals surface area contributed by atoms with Crippen LogP contribution in [0.2, 0.25) is 5.02 Å². The predicted molar refractivity (Wildman–Crippen MR) is 74.2 cm³/mol. The number of ketones is 1. The van der Waals surface area contributed by atoms with Crippen molar-refractivity contribution in [3.63, 3.8) is 0 Å². The first-order valence-electron chi connectivity index (χ1n) is 6.08. The molecule has 0 amide bonds. The number of nitrogens with zero attached hydrogens (tertiary/aromatic N) is 1. The molecule has 19 heavy (non-hydrogen) atoms. The van der Waals surface area contributed by atoms with E-state index in [9.17, 15) is 9.59 Å². The van der Waals surface area contributed by atoms with Gasteiger partial charge in [0.15, 0.2) is 0 Å². The Labute approximate surface area is 118 Å². The molecule has 0 radical (unpaired) electrons. The van der Waals surface area contributed by atoms with Crippen LogP contribution in [0.15, 0.2) is 24.3 Å². The first-order chi connectivity index (χ1) is 8.90. The highest BCUT2D eigenvalue weighted by Crippen LogP contribution is 2.17. The summed E-state index contributed by atoms with van der Waals surface area (Å²) >= 11 is 6.08. The van der Waals surface area contributed by atoms with E-state index in [1.807, 2.05) is 23.1 Å². The highest BCUT2D eigenvalue weighted by atomic mass is 35.5. The van der Waals surface area contributed by atoms with Crippen molar-refractivity contribution in [3.05, 3.63) is 34.9 Å². The molecular formula is C14H18ClNO3. The maximum Gasteiger partial charge on any atom is 0.307 e. The number of Topliss-reactive ketones (excluding diaryl/α,β-unsaturated/α-hetero) is 1. The van der Waals surface area contributed by atoms with Gasteiger partial charge in [0, 0.05) is 18.1 Å². The zero-order chi connectivity index (χ0) is 14.4. The zero-order valence-electron chi connectivity index (χ0n) is 11.1. The molecule has 1 atom stereocenters. The first kappa shape index (κ1) is 15.7. The van der Waals surface area contributed by atoms with Gasteiger partial charge in [-0.15, -0.1) is 0 Å². The summed E-state index contributed by atoms with van der Waals surface area (Å²) in [6.07, 6.45) is 0. The Hall–Kier alpha value is -1.39. The summed E-state index contributed by atoms with van der Waals surface area (Å²) < 4.78 is 0. The van der Waals surface area contributed by atoms with Crippen LogP contribution in [0.5, 0.6) is 0 Å². The van der Waals surface area contributed by atoms with Crippen molar-refractivity contribution in [1.29, 1.82) is 0 Å². The van der Waals surface area contributed by atoms with E-state index in [4.69, 9.17) is 16.7 Å². The van der Waals surface area contributed by atoms with E-state index in [1.54, 1.807) is 13.0 Å². The Bertz CT molecular complexity index is 462. The van der Waals surface area contributed by atoms with Gasteiger partial charge in [0.2, 0.25) is 0 Å². The number of carbonyl (C=O) groups excluding carboxylic acids is 1. The van der Waals surface area contributed by atoms with Crippen molar-refractivity contribution in [2.45, 2.75) is 20.4 Å². The van der Waals surface area contributed by atoms with Crippen molar-refractivity contribution < 1.29 is 14.7 Å². The molecule has 1 N–H and O–H groups in total. The topological polar surface area (TPSA) is 57.6 Å². The maximum atomic E-state index is 11.3. The third-order valence-corrected chi connectivity index (χ3v) is 3.12. The summed E-state index contributed by atoms with van der Waals surface area (Å²) in [6.45, 7) is 4.13. The highest BCUT2D eigenvalue weighted by Gasteiger charge is 2.18. The fourth-order valence-corrected chi connectivity index (χ4v) is 2.03. The van der Waals surface area contributed by atoms with Gasteiger partial charge in [0.1, 0.15) is 5.78 Å². The molecule has 104 valence electrons. The molecule has 0 aromatic heterocycles. The minimum atomic E-state index is -0.868. The van der Waals surface area contributed by atoms with E-state index in [-0.39, 0.29) is 12.3 Å². The van der Waals surface area contributed by atoms with Crippen LogP contribution in [0.1, 0.15) is 19.4 Å². The van der Waals surface area contributed by atoms with Crippen LogP contribution < -0.4 is 0 Å². The number of rotatable bonds is 7. The van der Waals surface area contributed by atoms with Crippen LogP contribution in [-0.2, 0) is 16.1 Å². The van der Waals surface area contributed by atoms with Gasteiger partial charge >= 0.3 is 5.97 Å². The fourth-order valence-electron chi connectivity index (χ4n) is 1.83. The summed E-state index contributed by atoms with van der Waals surface area (Å²) in [5.74, 6) is -1.39. The van der Waals surface area contributed by atoms with Gasteiger partial charge in [-0.1, -0.05) is 36.7 Å². The second-order valence-corrected chi connectivity index (χ2v) is 5.11. The zero-order valence-corrected chi connectivity index (χ0v) is 11.9. The SMILES string of the molecule is CC(=O)CN(Cc1ccccc1Cl)CC(C)C(=O)O. The summed E-state index contributed by atoms with van der Waals surface area (Å²) in [5.41, 5.74) is 0.892. The lowest BCUT2D eigenvalue weighted by Crippen LogP contribution is -2.34. The molecule has 0 aliphatic carbocycles. The lowest BCUT2D eigenvalue weighted by molar-refractivity contribution is -0.142. The number of hydrogen-bond acceptors (Lipinski definition) is 3. The van der Waals surface area contributed by atoms with Crippen molar-refractivity contribution >= 4 is 23.4 Å². The Morgan fingerprint density at radius 2 is 2.00 bits per heavy atom. The quantitative estimate of drug-likeness (QED) is 0.835. The predicted octanol–water partition coefficient (Wildman–Crippen LogP) is 2.45. The number of halogens is 1. The molecule has 1 rings (SSSR count). The Morgan fingerprint density at radius 3 is 2.53 bits per heavy atom. The Kier molecular flexibility index (Phi) is 5.99. The highest BCUT2D eigenvalue weighted by molar-refractivity contribution is 6.31. The molecule has 5 heteroatoms. The molecule has 1 aromatic rings. The van der Waals surface area contributed by atoms with Crippen LogP contribution in [0.3, 0.4) is 0 Å². The minimum absolute atomic E-state index is 0.00430. The molecular weight excluding hydrogens is 266 g/mol. The number of aliphatic carboxylic acids is 1. The van der Waals surface area contributed by atoms with Crippen LogP contribution in [0, 0.1) is 5.92 Å². The van der Waals surface area contributed by atoms with E-state index < -0.39 is 11.9 Å². The molecule has 0 fully saturated rings. The molecule has 0 bridgehead atoms. The summed E-state index contributed by atoms with van der Waals surface area (Å²) in [7, 11) is 0. The number of carboxylic acid groups (broad SMARTS) is 1. The number of carbonyl (C=O) groups is 2. The fraction of sp³-hybridized carbons (Fsp3) is 0.429. The first-order valence-corrected chi connectivity index (χ1v) is 6.46. The lowest BCUT2D eigenvalue weighted by atomic mass is 10.1. The average molecular weight is 284 g/mol. The van der Waals surface area contributed by atoms with Crippen LogP contribution >= 0.6 is 11.6 Å². The molecule has 0 spiro atoms. The van der Waals surface area contributed by atoms with Crippen molar-refractivity contribution in [3.8, 4) is 0 Å². The number of carboxylic acids is 1. The molecule has 0 aliphatic heterocycles. The van der Waals surface area contributed by atoms with Gasteiger partial charge in [0.25, 0.3) is 0 Å². The maximum absolute atomic E-state index is 11.3. The van der Waals surface area contributed by atoms with Gasteiger partial charge < -0.3 is 5.11 Å². The van der Waals surface area contributed by atoms with E-state index in [2.05, 4.69) is 0 Å². The normalized spacial score (nSPS) is 12.4. The number of hydrogen-bond donors (Lipinski definition) is 1. The van der Waals surface area contributed by atoms with Crippen LogP contribution in [-0.4, -0.2) is 34.8 Å². The van der Waals surface area contributed by atoms with E-state index >= 15 is 0 Å². The van der Waals surface area contributed by atoms with E-state index in [1.165, 1.54) is 6.92 Å². The second kappa shape index (κ2) is 7.26. The second-order valence-electron chi connectivity index (χ2n) is 4.70. The summed E-state index contributed by atoms with van der Waals surface area (Å²) in [5, 5.41) is 9.57. The molecule has 4 nitrogen and oxygen atoms in total. The molecule has 0 heterocycles. The Morgan fingerprint density at radius 1 is 1.37 bits per heavy atom. The summed E-state index contributed by atoms with van der Waals surface area (Å²) in [4.78, 5) is 24.0. The van der Waals surface area contributed by atoms with Gasteiger partial charge in [-0.2, -0.15) is 0 Å². The van der Waals surface area contributed by atoms with Crippen molar-refractivity contribution in [2.75, 3.05) is 13.1 Å². The molecule has 0 saturated carbocycles. The average Bonchev–Trinajstić information content (AvgIpc) is 2.31. The third kappa shape index (κ3) is 5.41. The van der Waals surface area contributed by atoms with Gasteiger partial charge in [0.05, 0.1) is 12.5 Å². The lowest BCUT2D eigenvalue weighted by Gasteiger charge is -2.23. The van der Waals surface area contributed by atoms with Gasteiger partial charge in [-0.3, -0.25) is 14.5 Å². The summed E-state index contributed by atoms with van der Waals surface area (Å²) in [6, 6.07) is 7.36.